The minimum Gasteiger partial charge on any atom is -0.493 e. The van der Waals surface area contributed by atoms with Crippen LogP contribution in [0, 0.1) is 5.92 Å². The number of likely N-dealkylation sites (N-methyl/N-ethyl adjacent to an activating group) is 1. The summed E-state index contributed by atoms with van der Waals surface area (Å²) in [6.45, 7) is 3.95. The summed E-state index contributed by atoms with van der Waals surface area (Å²) in [4.78, 5) is 21.1. The van der Waals surface area contributed by atoms with Crippen LogP contribution in [-0.2, 0) is 13.0 Å². The van der Waals surface area contributed by atoms with Gasteiger partial charge in [0.2, 0.25) is 0 Å². The van der Waals surface area contributed by atoms with Crippen molar-refractivity contribution in [3.05, 3.63) is 84.1 Å². The van der Waals surface area contributed by atoms with E-state index in [4.69, 9.17) is 9.15 Å². The van der Waals surface area contributed by atoms with Crippen LogP contribution in [0.3, 0.4) is 0 Å². The molecule has 1 fully saturated rings. The zero-order valence-corrected chi connectivity index (χ0v) is 18.7. The average Bonchev–Trinajstić information content (AvgIpc) is 3.38. The van der Waals surface area contributed by atoms with Crippen LogP contribution < -0.4 is 4.74 Å². The second-order valence-electron chi connectivity index (χ2n) is 8.50. The highest BCUT2D eigenvalue weighted by Gasteiger charge is 2.26. The van der Waals surface area contributed by atoms with Gasteiger partial charge in [0.15, 0.2) is 5.76 Å². The molecule has 1 aliphatic rings. The maximum absolute atomic E-state index is 12.5. The van der Waals surface area contributed by atoms with Crippen molar-refractivity contribution in [2.45, 2.75) is 25.8 Å². The largest absolute Gasteiger partial charge is 0.493 e. The van der Waals surface area contributed by atoms with E-state index >= 15 is 0 Å². The Morgan fingerprint density at radius 2 is 2.06 bits per heavy atom. The fourth-order valence-corrected chi connectivity index (χ4v) is 4.09. The number of piperidine rings is 1. The lowest BCUT2D eigenvalue weighted by Crippen LogP contribution is -2.41. The lowest BCUT2D eigenvalue weighted by atomic mass is 9.98. The van der Waals surface area contributed by atoms with Crippen molar-refractivity contribution in [2.24, 2.45) is 5.92 Å². The molecule has 3 aromatic rings. The molecule has 3 heterocycles. The van der Waals surface area contributed by atoms with Gasteiger partial charge in [0.05, 0.1) is 12.9 Å². The van der Waals surface area contributed by atoms with E-state index in [9.17, 15) is 4.79 Å². The number of hydrogen-bond acceptors (Lipinski definition) is 5. The standard InChI is InChI=1S/C26H31N3O3/c1-28(16-13-23-7-2-3-14-27-23)18-21-9-11-24(12-10-21)32-20-22-6-4-15-29(19-22)26(30)25-8-5-17-31-25/h2-3,5,7-12,14,17,22H,4,6,13,15-16,18-20H2,1H3. The summed E-state index contributed by atoms with van der Waals surface area (Å²) in [5.41, 5.74) is 2.38. The quantitative estimate of drug-likeness (QED) is 0.504. The Kier molecular flexibility index (Phi) is 7.56. The molecule has 4 rings (SSSR count). The summed E-state index contributed by atoms with van der Waals surface area (Å²) in [7, 11) is 2.13. The Morgan fingerprint density at radius 3 is 2.81 bits per heavy atom. The number of amides is 1. The van der Waals surface area contributed by atoms with Gasteiger partial charge in [0, 0.05) is 50.4 Å². The van der Waals surface area contributed by atoms with Gasteiger partial charge in [-0.15, -0.1) is 0 Å². The zero-order chi connectivity index (χ0) is 22.2. The van der Waals surface area contributed by atoms with Gasteiger partial charge in [-0.05, 0) is 61.9 Å². The monoisotopic (exact) mass is 433 g/mol. The van der Waals surface area contributed by atoms with Gasteiger partial charge in [0.25, 0.3) is 5.91 Å². The second-order valence-corrected chi connectivity index (χ2v) is 8.50. The number of pyridine rings is 1. The van der Waals surface area contributed by atoms with Crippen LogP contribution >= 0.6 is 0 Å². The summed E-state index contributed by atoms with van der Waals surface area (Å²) in [5, 5.41) is 0. The van der Waals surface area contributed by atoms with Gasteiger partial charge in [-0.25, -0.2) is 0 Å². The molecule has 0 radical (unpaired) electrons. The lowest BCUT2D eigenvalue weighted by Gasteiger charge is -2.32. The molecule has 32 heavy (non-hydrogen) atoms. The number of aromatic nitrogens is 1. The first-order valence-electron chi connectivity index (χ1n) is 11.3. The van der Waals surface area contributed by atoms with Gasteiger partial charge >= 0.3 is 0 Å². The van der Waals surface area contributed by atoms with Gasteiger partial charge in [-0.1, -0.05) is 18.2 Å². The van der Waals surface area contributed by atoms with Crippen molar-refractivity contribution >= 4 is 5.91 Å². The van der Waals surface area contributed by atoms with E-state index in [2.05, 4.69) is 35.1 Å². The van der Waals surface area contributed by atoms with Crippen molar-refractivity contribution < 1.29 is 13.9 Å². The third-order valence-electron chi connectivity index (χ3n) is 5.88. The molecule has 0 N–H and O–H groups in total. The van der Waals surface area contributed by atoms with E-state index in [1.165, 1.54) is 5.56 Å². The Morgan fingerprint density at radius 1 is 1.19 bits per heavy atom. The van der Waals surface area contributed by atoms with Crippen molar-refractivity contribution in [1.29, 1.82) is 0 Å². The zero-order valence-electron chi connectivity index (χ0n) is 18.7. The van der Waals surface area contributed by atoms with Crippen LogP contribution in [0.5, 0.6) is 5.75 Å². The molecule has 1 aliphatic heterocycles. The summed E-state index contributed by atoms with van der Waals surface area (Å²) < 4.78 is 11.3. The Bertz CT molecular complexity index is 958. The van der Waals surface area contributed by atoms with Crippen LogP contribution in [-0.4, -0.2) is 54.0 Å². The van der Waals surface area contributed by atoms with Crippen molar-refractivity contribution in [3.63, 3.8) is 0 Å². The minimum atomic E-state index is -0.0313. The van der Waals surface area contributed by atoms with E-state index in [-0.39, 0.29) is 5.91 Å². The summed E-state index contributed by atoms with van der Waals surface area (Å²) in [6, 6.07) is 17.8. The maximum Gasteiger partial charge on any atom is 0.289 e. The number of likely N-dealkylation sites (tertiary alicyclic amines) is 1. The van der Waals surface area contributed by atoms with Gasteiger partial charge in [-0.2, -0.15) is 0 Å². The maximum atomic E-state index is 12.5. The number of carbonyl (C=O) groups excluding carboxylic acids is 1. The first-order valence-corrected chi connectivity index (χ1v) is 11.3. The molecule has 6 heteroatoms. The first kappa shape index (κ1) is 22.1. The number of rotatable bonds is 9. The van der Waals surface area contributed by atoms with Crippen LogP contribution in [0.15, 0.2) is 71.5 Å². The fourth-order valence-electron chi connectivity index (χ4n) is 4.09. The summed E-state index contributed by atoms with van der Waals surface area (Å²) in [6.07, 6.45) is 6.39. The molecule has 1 atom stereocenters. The van der Waals surface area contributed by atoms with E-state index in [0.29, 0.717) is 24.8 Å². The van der Waals surface area contributed by atoms with E-state index in [1.54, 1.807) is 18.4 Å². The second kappa shape index (κ2) is 11.0. The number of nitrogens with zero attached hydrogens (tertiary/aromatic N) is 3. The molecule has 1 saturated heterocycles. The predicted molar refractivity (Wildman–Crippen MR) is 124 cm³/mol. The molecular formula is C26H31N3O3. The van der Waals surface area contributed by atoms with Crippen LogP contribution in [0.2, 0.25) is 0 Å². The summed E-state index contributed by atoms with van der Waals surface area (Å²) >= 11 is 0. The number of furan rings is 1. The number of ether oxygens (including phenoxy) is 1. The molecule has 0 saturated carbocycles. The average molecular weight is 434 g/mol. The highest BCUT2D eigenvalue weighted by Crippen LogP contribution is 2.21. The molecule has 2 aromatic heterocycles. The van der Waals surface area contributed by atoms with E-state index < -0.39 is 0 Å². The normalized spacial score (nSPS) is 16.3. The van der Waals surface area contributed by atoms with Gasteiger partial charge in [-0.3, -0.25) is 9.78 Å². The first-order chi connectivity index (χ1) is 15.7. The molecule has 0 spiro atoms. The van der Waals surface area contributed by atoms with Crippen molar-refractivity contribution in [2.75, 3.05) is 33.3 Å². The molecule has 1 amide bonds. The van der Waals surface area contributed by atoms with Gasteiger partial charge in [0.1, 0.15) is 5.75 Å². The molecule has 168 valence electrons. The van der Waals surface area contributed by atoms with Crippen molar-refractivity contribution in [3.8, 4) is 5.75 Å². The smallest absolute Gasteiger partial charge is 0.289 e. The molecule has 6 nitrogen and oxygen atoms in total. The van der Waals surface area contributed by atoms with E-state index in [0.717, 1.165) is 50.3 Å². The Balaban J connectivity index is 1.21. The topological polar surface area (TPSA) is 58.8 Å². The molecule has 0 bridgehead atoms. The number of carbonyl (C=O) groups is 1. The Labute approximate surface area is 189 Å². The highest BCUT2D eigenvalue weighted by atomic mass is 16.5. The Hall–Kier alpha value is -3.12. The van der Waals surface area contributed by atoms with Crippen LogP contribution in [0.1, 0.15) is 34.7 Å². The highest BCUT2D eigenvalue weighted by molar-refractivity contribution is 5.91. The molecular weight excluding hydrogens is 402 g/mol. The van der Waals surface area contributed by atoms with E-state index in [1.807, 2.05) is 35.4 Å². The third kappa shape index (κ3) is 6.20. The number of benzene rings is 1. The lowest BCUT2D eigenvalue weighted by molar-refractivity contribution is 0.0602. The fraction of sp³-hybridized carbons (Fsp3) is 0.385. The van der Waals surface area contributed by atoms with Gasteiger partial charge < -0.3 is 19.0 Å². The molecule has 1 unspecified atom stereocenters. The minimum absolute atomic E-state index is 0.0313. The SMILES string of the molecule is CN(CCc1ccccn1)Cc1ccc(OCC2CCCN(C(=O)c3ccco3)C2)cc1. The van der Waals surface area contributed by atoms with Crippen LogP contribution in [0.25, 0.3) is 0 Å². The number of hydrogen-bond donors (Lipinski definition) is 0. The van der Waals surface area contributed by atoms with Crippen molar-refractivity contribution in [1.82, 2.24) is 14.8 Å². The summed E-state index contributed by atoms with van der Waals surface area (Å²) in [5.74, 6) is 1.59. The third-order valence-corrected chi connectivity index (χ3v) is 5.88. The van der Waals surface area contributed by atoms with Crippen LogP contribution in [0.4, 0.5) is 0 Å². The molecule has 0 aliphatic carbocycles. The molecule has 1 aromatic carbocycles. The predicted octanol–water partition coefficient (Wildman–Crippen LogP) is 4.28.